The Morgan fingerprint density at radius 3 is 3.00 bits per heavy atom. The van der Waals surface area contributed by atoms with Gasteiger partial charge in [-0.2, -0.15) is 0 Å². The highest BCUT2D eigenvalue weighted by molar-refractivity contribution is 5.84. The molecule has 0 spiro atoms. The predicted octanol–water partition coefficient (Wildman–Crippen LogP) is 1.76. The number of benzene rings is 1. The quantitative estimate of drug-likeness (QED) is 0.811. The Morgan fingerprint density at radius 1 is 1.38 bits per heavy atom. The van der Waals surface area contributed by atoms with E-state index in [1.165, 1.54) is 24.0 Å². The Bertz CT molecular complexity index is 499. The fraction of sp³-hybridized carbons (Fsp3) is 0.588. The Labute approximate surface area is 126 Å². The topological polar surface area (TPSA) is 41.6 Å². The molecule has 0 bridgehead atoms. The van der Waals surface area contributed by atoms with Crippen molar-refractivity contribution >= 4 is 5.91 Å². The van der Waals surface area contributed by atoms with Crippen LogP contribution in [0.1, 0.15) is 29.9 Å². The van der Waals surface area contributed by atoms with Crippen molar-refractivity contribution in [3.8, 4) is 0 Å². The number of nitrogens with zero attached hydrogens (tertiary/aromatic N) is 1. The van der Waals surface area contributed by atoms with Gasteiger partial charge in [0.1, 0.15) is 0 Å². The van der Waals surface area contributed by atoms with Crippen LogP contribution in [0.25, 0.3) is 0 Å². The second-order valence-electron chi connectivity index (χ2n) is 6.16. The fourth-order valence-corrected chi connectivity index (χ4v) is 2.83. The summed E-state index contributed by atoms with van der Waals surface area (Å²) in [5.41, 5.74) is 2.41. The van der Waals surface area contributed by atoms with E-state index in [0.717, 1.165) is 25.6 Å². The molecule has 1 aromatic rings. The van der Waals surface area contributed by atoms with E-state index in [1.807, 2.05) is 19.2 Å². The number of fused-ring (bicyclic) bond motifs is 1. The third kappa shape index (κ3) is 3.63. The molecule has 21 heavy (non-hydrogen) atoms. The van der Waals surface area contributed by atoms with Crippen LogP contribution in [0.3, 0.4) is 0 Å². The smallest absolute Gasteiger partial charge is 0.231 e. The maximum Gasteiger partial charge on any atom is 0.231 e. The van der Waals surface area contributed by atoms with E-state index >= 15 is 0 Å². The average molecular weight is 288 g/mol. The zero-order valence-electron chi connectivity index (χ0n) is 12.7. The lowest BCUT2D eigenvalue weighted by atomic mass is 9.90. The monoisotopic (exact) mass is 288 g/mol. The lowest BCUT2D eigenvalue weighted by Crippen LogP contribution is -2.41. The molecule has 4 nitrogen and oxygen atoms in total. The first-order valence-corrected chi connectivity index (χ1v) is 7.87. The van der Waals surface area contributed by atoms with Crippen molar-refractivity contribution in [2.24, 2.45) is 5.92 Å². The minimum Gasteiger partial charge on any atom is -0.379 e. The van der Waals surface area contributed by atoms with Crippen molar-refractivity contribution in [2.75, 3.05) is 33.4 Å². The van der Waals surface area contributed by atoms with Crippen molar-refractivity contribution in [3.05, 3.63) is 35.4 Å². The van der Waals surface area contributed by atoms with Gasteiger partial charge in [0.05, 0.1) is 12.5 Å². The third-order valence-electron chi connectivity index (χ3n) is 4.39. The SMILES string of the molecule is CN(CCOCC1CC1)C(=O)C1CNCc2ccccc21. The summed E-state index contributed by atoms with van der Waals surface area (Å²) in [4.78, 5) is 14.4. The summed E-state index contributed by atoms with van der Waals surface area (Å²) in [5.74, 6) is 0.897. The van der Waals surface area contributed by atoms with Crippen molar-refractivity contribution < 1.29 is 9.53 Å². The van der Waals surface area contributed by atoms with Crippen LogP contribution in [0.2, 0.25) is 0 Å². The van der Waals surface area contributed by atoms with E-state index < -0.39 is 0 Å². The van der Waals surface area contributed by atoms with Crippen LogP contribution in [-0.4, -0.2) is 44.2 Å². The van der Waals surface area contributed by atoms with Crippen LogP contribution in [0, 0.1) is 5.92 Å². The molecule has 114 valence electrons. The standard InChI is InChI=1S/C17H24N2O2/c1-19(8-9-21-12-13-6-7-13)17(20)16-11-18-10-14-4-2-3-5-15(14)16/h2-5,13,16,18H,6-12H2,1H3. The number of carbonyl (C=O) groups is 1. The Balaban J connectivity index is 1.54. The van der Waals surface area contributed by atoms with E-state index in [0.29, 0.717) is 13.2 Å². The summed E-state index contributed by atoms with van der Waals surface area (Å²) < 4.78 is 5.63. The number of likely N-dealkylation sites (N-methyl/N-ethyl adjacent to an activating group) is 1. The zero-order chi connectivity index (χ0) is 14.7. The number of rotatable bonds is 6. The number of carbonyl (C=O) groups excluding carboxylic acids is 1. The second-order valence-corrected chi connectivity index (χ2v) is 6.16. The Morgan fingerprint density at radius 2 is 2.19 bits per heavy atom. The molecule has 0 radical (unpaired) electrons. The highest BCUT2D eigenvalue weighted by Crippen LogP contribution is 2.28. The van der Waals surface area contributed by atoms with Gasteiger partial charge >= 0.3 is 0 Å². The summed E-state index contributed by atoms with van der Waals surface area (Å²) in [6.45, 7) is 3.75. The van der Waals surface area contributed by atoms with Crippen LogP contribution < -0.4 is 5.32 Å². The molecule has 1 amide bonds. The molecule has 4 heteroatoms. The van der Waals surface area contributed by atoms with Crippen molar-refractivity contribution in [1.29, 1.82) is 0 Å². The van der Waals surface area contributed by atoms with E-state index in [-0.39, 0.29) is 11.8 Å². The van der Waals surface area contributed by atoms with Gasteiger partial charge < -0.3 is 15.0 Å². The second kappa shape index (κ2) is 6.58. The lowest BCUT2D eigenvalue weighted by Gasteiger charge is -2.29. The minimum absolute atomic E-state index is 0.0663. The molecule has 1 fully saturated rings. The average Bonchev–Trinajstić information content (AvgIpc) is 3.34. The van der Waals surface area contributed by atoms with Crippen molar-refractivity contribution in [3.63, 3.8) is 0 Å². The lowest BCUT2D eigenvalue weighted by molar-refractivity contribution is -0.132. The molecular weight excluding hydrogens is 264 g/mol. The molecule has 0 saturated heterocycles. The van der Waals surface area contributed by atoms with Gasteiger partial charge in [-0.3, -0.25) is 4.79 Å². The number of hydrogen-bond donors (Lipinski definition) is 1. The van der Waals surface area contributed by atoms with Crippen molar-refractivity contribution in [2.45, 2.75) is 25.3 Å². The molecule has 1 atom stereocenters. The molecule has 1 aliphatic heterocycles. The number of hydrogen-bond acceptors (Lipinski definition) is 3. The first-order valence-electron chi connectivity index (χ1n) is 7.87. The van der Waals surface area contributed by atoms with Gasteiger partial charge in [0, 0.05) is 33.3 Å². The van der Waals surface area contributed by atoms with Gasteiger partial charge in [0.15, 0.2) is 0 Å². The largest absolute Gasteiger partial charge is 0.379 e. The molecule has 3 rings (SSSR count). The molecule has 1 aliphatic carbocycles. The molecule has 0 aromatic heterocycles. The third-order valence-corrected chi connectivity index (χ3v) is 4.39. The van der Waals surface area contributed by atoms with E-state index in [1.54, 1.807) is 4.90 Å². The van der Waals surface area contributed by atoms with E-state index in [2.05, 4.69) is 17.4 Å². The van der Waals surface area contributed by atoms with E-state index in [4.69, 9.17) is 4.74 Å². The van der Waals surface area contributed by atoms with Gasteiger partial charge in [-0.05, 0) is 29.9 Å². The highest BCUT2D eigenvalue weighted by atomic mass is 16.5. The number of nitrogens with one attached hydrogen (secondary N) is 1. The summed E-state index contributed by atoms with van der Waals surface area (Å²) >= 11 is 0. The van der Waals surface area contributed by atoms with Gasteiger partial charge in [-0.15, -0.1) is 0 Å². The molecule has 1 saturated carbocycles. The van der Waals surface area contributed by atoms with Gasteiger partial charge in [-0.1, -0.05) is 24.3 Å². The Hall–Kier alpha value is -1.39. The summed E-state index contributed by atoms with van der Waals surface area (Å²) in [7, 11) is 1.88. The van der Waals surface area contributed by atoms with Gasteiger partial charge in [-0.25, -0.2) is 0 Å². The molecule has 1 unspecified atom stereocenters. The Kier molecular flexibility index (Phi) is 4.56. The predicted molar refractivity (Wildman–Crippen MR) is 82.1 cm³/mol. The summed E-state index contributed by atoms with van der Waals surface area (Å²) in [5, 5.41) is 3.34. The first-order chi connectivity index (χ1) is 10.3. The number of ether oxygens (including phenoxy) is 1. The number of amides is 1. The van der Waals surface area contributed by atoms with Crippen LogP contribution in [0.4, 0.5) is 0 Å². The molecule has 1 aromatic carbocycles. The first kappa shape index (κ1) is 14.5. The minimum atomic E-state index is -0.0663. The van der Waals surface area contributed by atoms with E-state index in [9.17, 15) is 4.79 Å². The van der Waals surface area contributed by atoms with Gasteiger partial charge in [0.2, 0.25) is 5.91 Å². The maximum absolute atomic E-state index is 12.6. The summed E-state index contributed by atoms with van der Waals surface area (Å²) in [6, 6.07) is 8.22. The van der Waals surface area contributed by atoms with Gasteiger partial charge in [0.25, 0.3) is 0 Å². The van der Waals surface area contributed by atoms with Crippen LogP contribution in [-0.2, 0) is 16.1 Å². The molecule has 2 aliphatic rings. The zero-order valence-corrected chi connectivity index (χ0v) is 12.7. The summed E-state index contributed by atoms with van der Waals surface area (Å²) in [6.07, 6.45) is 2.61. The van der Waals surface area contributed by atoms with Crippen LogP contribution >= 0.6 is 0 Å². The van der Waals surface area contributed by atoms with Crippen LogP contribution in [0.5, 0.6) is 0 Å². The molecule has 1 N–H and O–H groups in total. The maximum atomic E-state index is 12.6. The fourth-order valence-electron chi connectivity index (χ4n) is 2.83. The van der Waals surface area contributed by atoms with Crippen LogP contribution in [0.15, 0.2) is 24.3 Å². The van der Waals surface area contributed by atoms with Crippen molar-refractivity contribution in [1.82, 2.24) is 10.2 Å². The normalized spacial score (nSPS) is 20.9. The molecular formula is C17H24N2O2. The molecule has 1 heterocycles. The highest BCUT2D eigenvalue weighted by Gasteiger charge is 2.28.